The topological polar surface area (TPSA) is 117 Å². The van der Waals surface area contributed by atoms with Crippen LogP contribution in [0.5, 0.6) is 11.5 Å². The summed E-state index contributed by atoms with van der Waals surface area (Å²) in [5.74, 6) is 0.989. The van der Waals surface area contributed by atoms with E-state index in [9.17, 15) is 4.79 Å². The molecule has 160 valence electrons. The molecule has 0 spiro atoms. The molecule has 1 aromatic heterocycles. The SMILES string of the molecule is COc1ccc(/C=N\NC(N)=S)cc1OCc1cn(CC(=O)c2ccc(Br)cc2)nn1. The van der Waals surface area contributed by atoms with Gasteiger partial charge in [-0.05, 0) is 48.1 Å². The Bertz CT molecular complexity index is 1100. The van der Waals surface area contributed by atoms with Crippen molar-refractivity contribution in [3.05, 3.63) is 70.0 Å². The fourth-order valence-electron chi connectivity index (χ4n) is 2.56. The number of nitrogens with one attached hydrogen (secondary N) is 1. The maximum Gasteiger partial charge on any atom is 0.184 e. The molecular weight excluding hydrogens is 484 g/mol. The van der Waals surface area contributed by atoms with Crippen molar-refractivity contribution < 1.29 is 14.3 Å². The number of hydrogen-bond donors (Lipinski definition) is 2. The van der Waals surface area contributed by atoms with Crippen molar-refractivity contribution in [1.82, 2.24) is 20.4 Å². The number of methoxy groups -OCH3 is 1. The number of benzene rings is 2. The maximum atomic E-state index is 12.4. The van der Waals surface area contributed by atoms with E-state index in [-0.39, 0.29) is 24.0 Å². The molecule has 0 radical (unpaired) electrons. The highest BCUT2D eigenvalue weighted by Crippen LogP contribution is 2.28. The fraction of sp³-hybridized carbons (Fsp3) is 0.150. The summed E-state index contributed by atoms with van der Waals surface area (Å²) < 4.78 is 13.6. The van der Waals surface area contributed by atoms with Crippen LogP contribution in [0.3, 0.4) is 0 Å². The van der Waals surface area contributed by atoms with Crippen LogP contribution in [0.4, 0.5) is 0 Å². The highest BCUT2D eigenvalue weighted by molar-refractivity contribution is 9.10. The molecule has 3 rings (SSSR count). The summed E-state index contributed by atoms with van der Waals surface area (Å²) in [4.78, 5) is 12.4. The summed E-state index contributed by atoms with van der Waals surface area (Å²) in [6.07, 6.45) is 3.22. The van der Waals surface area contributed by atoms with Crippen molar-refractivity contribution in [2.24, 2.45) is 10.8 Å². The van der Waals surface area contributed by atoms with E-state index >= 15 is 0 Å². The molecule has 3 N–H and O–H groups in total. The molecule has 0 atom stereocenters. The number of rotatable bonds is 9. The largest absolute Gasteiger partial charge is 0.493 e. The van der Waals surface area contributed by atoms with E-state index in [4.69, 9.17) is 27.4 Å². The number of nitrogens with two attached hydrogens (primary N) is 1. The van der Waals surface area contributed by atoms with Gasteiger partial charge in [-0.25, -0.2) is 4.68 Å². The summed E-state index contributed by atoms with van der Waals surface area (Å²) in [6, 6.07) is 12.5. The molecule has 1 heterocycles. The Hall–Kier alpha value is -3.31. The first-order chi connectivity index (χ1) is 14.9. The Morgan fingerprint density at radius 2 is 2.06 bits per heavy atom. The minimum Gasteiger partial charge on any atom is -0.493 e. The van der Waals surface area contributed by atoms with Crippen molar-refractivity contribution in [3.63, 3.8) is 0 Å². The minimum atomic E-state index is -0.0657. The summed E-state index contributed by atoms with van der Waals surface area (Å²) in [5, 5.41) is 12.1. The van der Waals surface area contributed by atoms with Crippen LogP contribution in [0.25, 0.3) is 0 Å². The molecule has 0 unspecified atom stereocenters. The second kappa shape index (κ2) is 10.6. The zero-order valence-corrected chi connectivity index (χ0v) is 18.9. The number of hydrogen-bond acceptors (Lipinski definition) is 7. The summed E-state index contributed by atoms with van der Waals surface area (Å²) >= 11 is 8.05. The van der Waals surface area contributed by atoms with Gasteiger partial charge >= 0.3 is 0 Å². The van der Waals surface area contributed by atoms with Gasteiger partial charge in [0.1, 0.15) is 18.8 Å². The van der Waals surface area contributed by atoms with Crippen LogP contribution in [0.2, 0.25) is 0 Å². The molecule has 0 bridgehead atoms. The van der Waals surface area contributed by atoms with Crippen molar-refractivity contribution >= 4 is 45.3 Å². The quantitative estimate of drug-likeness (QED) is 0.198. The molecule has 3 aromatic rings. The Kier molecular flexibility index (Phi) is 7.68. The average molecular weight is 503 g/mol. The second-order valence-corrected chi connectivity index (χ2v) is 7.63. The Balaban J connectivity index is 1.63. The van der Waals surface area contributed by atoms with Crippen LogP contribution in [0, 0.1) is 0 Å². The fourth-order valence-corrected chi connectivity index (χ4v) is 2.88. The van der Waals surface area contributed by atoms with E-state index in [1.165, 1.54) is 4.68 Å². The number of ether oxygens (including phenoxy) is 2. The zero-order valence-electron chi connectivity index (χ0n) is 16.5. The van der Waals surface area contributed by atoms with Crippen molar-refractivity contribution in [1.29, 1.82) is 0 Å². The van der Waals surface area contributed by atoms with Crippen LogP contribution in [0.15, 0.2) is 58.2 Å². The molecule has 11 heteroatoms. The summed E-state index contributed by atoms with van der Waals surface area (Å²) in [7, 11) is 1.55. The number of carbonyl (C=O) groups is 1. The Morgan fingerprint density at radius 3 is 2.77 bits per heavy atom. The normalized spacial score (nSPS) is 10.8. The van der Waals surface area contributed by atoms with Gasteiger partial charge in [-0.2, -0.15) is 5.10 Å². The van der Waals surface area contributed by atoms with Gasteiger partial charge in [0.15, 0.2) is 22.4 Å². The monoisotopic (exact) mass is 502 g/mol. The van der Waals surface area contributed by atoms with Crippen LogP contribution in [-0.4, -0.2) is 39.2 Å². The number of hydrazone groups is 1. The standard InChI is InChI=1S/C20H19BrN6O3S/c1-29-18-7-2-13(9-23-25-20(22)31)8-19(18)30-12-16-10-27(26-24-16)11-17(28)14-3-5-15(21)6-4-14/h2-10H,11-12H2,1H3,(H3,22,25,31)/b23-9-. The molecule has 0 aliphatic rings. The number of Topliss-reactive ketones (excluding diaryl/α,β-unsaturated/α-hetero) is 1. The first-order valence-electron chi connectivity index (χ1n) is 9.01. The van der Waals surface area contributed by atoms with E-state index < -0.39 is 0 Å². The highest BCUT2D eigenvalue weighted by atomic mass is 79.9. The molecule has 0 saturated carbocycles. The Labute approximate surface area is 192 Å². The van der Waals surface area contributed by atoms with Crippen LogP contribution in [0.1, 0.15) is 21.6 Å². The maximum absolute atomic E-state index is 12.4. The lowest BCUT2D eigenvalue weighted by molar-refractivity contribution is 0.0967. The van der Waals surface area contributed by atoms with Crippen LogP contribution >= 0.6 is 28.1 Å². The van der Waals surface area contributed by atoms with Gasteiger partial charge in [0.05, 0.1) is 19.5 Å². The average Bonchev–Trinajstić information content (AvgIpc) is 3.19. The highest BCUT2D eigenvalue weighted by Gasteiger charge is 2.11. The molecule has 0 fully saturated rings. The molecule has 0 amide bonds. The van der Waals surface area contributed by atoms with E-state index in [1.54, 1.807) is 49.9 Å². The molecule has 0 aliphatic heterocycles. The van der Waals surface area contributed by atoms with Gasteiger partial charge in [-0.1, -0.05) is 33.3 Å². The van der Waals surface area contributed by atoms with Gasteiger partial charge < -0.3 is 15.2 Å². The molecule has 0 aliphatic carbocycles. The molecular formula is C20H19BrN6O3S. The number of aromatic nitrogens is 3. The molecule has 9 nitrogen and oxygen atoms in total. The first kappa shape index (κ1) is 22.4. The lowest BCUT2D eigenvalue weighted by Crippen LogP contribution is -2.23. The number of nitrogens with zero attached hydrogens (tertiary/aromatic N) is 4. The predicted molar refractivity (Wildman–Crippen MR) is 123 cm³/mol. The smallest absolute Gasteiger partial charge is 0.184 e. The molecule has 2 aromatic carbocycles. The lowest BCUT2D eigenvalue weighted by atomic mass is 10.1. The Morgan fingerprint density at radius 1 is 1.29 bits per heavy atom. The number of halogens is 1. The van der Waals surface area contributed by atoms with Crippen LogP contribution < -0.4 is 20.6 Å². The van der Waals surface area contributed by atoms with Gasteiger partial charge in [0.2, 0.25) is 0 Å². The van der Waals surface area contributed by atoms with E-state index in [0.717, 1.165) is 10.0 Å². The first-order valence-corrected chi connectivity index (χ1v) is 10.2. The van der Waals surface area contributed by atoms with Crippen molar-refractivity contribution in [2.45, 2.75) is 13.2 Å². The van der Waals surface area contributed by atoms with Gasteiger partial charge in [0.25, 0.3) is 0 Å². The number of carbonyl (C=O) groups excluding carboxylic acids is 1. The zero-order chi connectivity index (χ0) is 22.2. The van der Waals surface area contributed by atoms with Crippen molar-refractivity contribution in [2.75, 3.05) is 7.11 Å². The molecule has 0 saturated heterocycles. The number of thiocarbonyl (C=S) groups is 1. The third-order valence-electron chi connectivity index (χ3n) is 4.01. The summed E-state index contributed by atoms with van der Waals surface area (Å²) in [5.41, 5.74) is 9.75. The van der Waals surface area contributed by atoms with E-state index in [1.807, 2.05) is 12.1 Å². The second-order valence-electron chi connectivity index (χ2n) is 6.27. The van der Waals surface area contributed by atoms with Crippen LogP contribution in [-0.2, 0) is 13.2 Å². The lowest BCUT2D eigenvalue weighted by Gasteiger charge is -2.10. The third kappa shape index (κ3) is 6.59. The molecule has 31 heavy (non-hydrogen) atoms. The van der Waals surface area contributed by atoms with Crippen molar-refractivity contribution in [3.8, 4) is 11.5 Å². The van der Waals surface area contributed by atoms with Gasteiger partial charge in [-0.15, -0.1) is 5.10 Å². The predicted octanol–water partition coefficient (Wildman–Crippen LogP) is 2.68. The van der Waals surface area contributed by atoms with Gasteiger partial charge in [0, 0.05) is 10.0 Å². The third-order valence-corrected chi connectivity index (χ3v) is 4.63. The number of ketones is 1. The summed E-state index contributed by atoms with van der Waals surface area (Å²) in [6.45, 7) is 0.231. The van der Waals surface area contributed by atoms with Gasteiger partial charge in [-0.3, -0.25) is 10.2 Å². The minimum absolute atomic E-state index is 0.0657. The van der Waals surface area contributed by atoms with E-state index in [0.29, 0.717) is 22.8 Å². The van der Waals surface area contributed by atoms with E-state index in [2.05, 4.69) is 36.8 Å².